The topological polar surface area (TPSA) is 25.8 Å². The summed E-state index contributed by atoms with van der Waals surface area (Å²) in [7, 11) is 0. The van der Waals surface area contributed by atoms with Gasteiger partial charge in [0.25, 0.3) is 0 Å². The molecule has 22 heavy (non-hydrogen) atoms. The van der Waals surface area contributed by atoms with Gasteiger partial charge in [-0.05, 0) is 31.0 Å². The zero-order valence-electron chi connectivity index (χ0n) is 11.9. The fraction of sp³-hybridized carbons (Fsp3) is 0.438. The van der Waals surface area contributed by atoms with E-state index >= 15 is 0 Å². The lowest BCUT2D eigenvalue weighted by molar-refractivity contribution is -0.137. The molecule has 1 aliphatic carbocycles. The van der Waals surface area contributed by atoms with Gasteiger partial charge in [0.2, 0.25) is 0 Å². The minimum absolute atomic E-state index is 0.184. The third-order valence-corrected chi connectivity index (χ3v) is 4.33. The number of rotatable bonds is 1. The zero-order chi connectivity index (χ0) is 15.7. The summed E-state index contributed by atoms with van der Waals surface area (Å²) in [6.45, 7) is 0. The van der Waals surface area contributed by atoms with Crippen molar-refractivity contribution in [1.29, 1.82) is 0 Å². The van der Waals surface area contributed by atoms with Crippen LogP contribution in [0.5, 0.6) is 0 Å². The average molecular weight is 324 g/mol. The molecule has 3 rings (SSSR count). The summed E-state index contributed by atoms with van der Waals surface area (Å²) >= 11 is 5.08. The number of hydrogen-bond acceptors (Lipinski definition) is 3. The molecule has 116 valence electrons. The van der Waals surface area contributed by atoms with Crippen molar-refractivity contribution in [3.05, 3.63) is 40.3 Å². The Hall–Kier alpha value is -1.56. The largest absolute Gasteiger partial charge is 0.416 e. The number of alkyl halides is 3. The van der Waals surface area contributed by atoms with E-state index in [4.69, 9.17) is 12.2 Å². The van der Waals surface area contributed by atoms with Gasteiger partial charge in [0.1, 0.15) is 4.64 Å². The van der Waals surface area contributed by atoms with Crippen LogP contribution in [0.1, 0.15) is 49.3 Å². The molecule has 1 aromatic heterocycles. The van der Waals surface area contributed by atoms with Crippen LogP contribution in [-0.2, 0) is 6.18 Å². The maximum absolute atomic E-state index is 13.0. The lowest BCUT2D eigenvalue weighted by Crippen LogP contribution is -2.08. The Balaban J connectivity index is 2.24. The van der Waals surface area contributed by atoms with Crippen LogP contribution < -0.4 is 0 Å². The minimum atomic E-state index is -4.37. The highest BCUT2D eigenvalue weighted by Gasteiger charge is 2.31. The maximum Gasteiger partial charge on any atom is 0.416 e. The molecule has 1 aromatic carbocycles. The highest BCUT2D eigenvalue weighted by Crippen LogP contribution is 2.37. The van der Waals surface area contributed by atoms with E-state index in [1.54, 1.807) is 0 Å². The highest BCUT2D eigenvalue weighted by atomic mass is 32.1. The molecule has 0 spiro atoms. The van der Waals surface area contributed by atoms with Crippen LogP contribution in [0.2, 0.25) is 0 Å². The van der Waals surface area contributed by atoms with E-state index in [0.717, 1.165) is 37.8 Å². The van der Waals surface area contributed by atoms with Gasteiger partial charge in [-0.25, -0.2) is 4.98 Å². The van der Waals surface area contributed by atoms with Gasteiger partial charge in [-0.1, -0.05) is 31.5 Å². The zero-order valence-corrected chi connectivity index (χ0v) is 12.7. The van der Waals surface area contributed by atoms with E-state index in [-0.39, 0.29) is 5.92 Å². The Morgan fingerprint density at radius 1 is 1.09 bits per heavy atom. The molecular formula is C16H15F3N2S. The van der Waals surface area contributed by atoms with Gasteiger partial charge in [0.15, 0.2) is 0 Å². The first-order valence-corrected chi connectivity index (χ1v) is 7.74. The summed E-state index contributed by atoms with van der Waals surface area (Å²) < 4.78 is 39.3. The summed E-state index contributed by atoms with van der Waals surface area (Å²) in [5.41, 5.74) is 0.512. The molecule has 6 heteroatoms. The second-order valence-electron chi connectivity index (χ2n) is 5.66. The Morgan fingerprint density at radius 3 is 2.50 bits per heavy atom. The van der Waals surface area contributed by atoms with Gasteiger partial charge in [-0.15, -0.1) is 0 Å². The van der Waals surface area contributed by atoms with Gasteiger partial charge in [0, 0.05) is 11.3 Å². The lowest BCUT2D eigenvalue weighted by atomic mass is 9.85. The Morgan fingerprint density at radius 2 is 1.82 bits per heavy atom. The smallest absolute Gasteiger partial charge is 0.257 e. The molecule has 0 radical (unpaired) electrons. The van der Waals surface area contributed by atoms with Crippen LogP contribution in [-0.4, -0.2) is 9.97 Å². The third kappa shape index (κ3) is 3.11. The number of benzene rings is 1. The van der Waals surface area contributed by atoms with E-state index in [1.165, 1.54) is 18.7 Å². The molecule has 0 atom stereocenters. The normalized spacial score (nSPS) is 16.9. The quantitative estimate of drug-likeness (QED) is 0.655. The van der Waals surface area contributed by atoms with E-state index in [2.05, 4.69) is 9.97 Å². The van der Waals surface area contributed by atoms with Crippen molar-refractivity contribution in [2.75, 3.05) is 0 Å². The summed E-state index contributed by atoms with van der Waals surface area (Å²) in [5.74, 6) is 0.184. The van der Waals surface area contributed by atoms with Crippen LogP contribution in [0.15, 0.2) is 24.4 Å². The predicted octanol–water partition coefficient (Wildman–Crippen LogP) is 5.43. The molecule has 0 amide bonds. The fourth-order valence-corrected chi connectivity index (χ4v) is 3.21. The second kappa shape index (κ2) is 5.91. The highest BCUT2D eigenvalue weighted by molar-refractivity contribution is 7.71. The van der Waals surface area contributed by atoms with E-state index in [0.29, 0.717) is 21.2 Å². The lowest BCUT2D eigenvalue weighted by Gasteiger charge is -2.21. The van der Waals surface area contributed by atoms with Crippen molar-refractivity contribution in [1.82, 2.24) is 9.97 Å². The van der Waals surface area contributed by atoms with Gasteiger partial charge in [0.05, 0.1) is 23.0 Å². The van der Waals surface area contributed by atoms with E-state index < -0.39 is 11.7 Å². The molecule has 1 saturated carbocycles. The summed E-state index contributed by atoms with van der Waals surface area (Å²) in [6, 6.07) is 3.60. The molecule has 0 N–H and O–H groups in total. The van der Waals surface area contributed by atoms with Gasteiger partial charge < -0.3 is 0 Å². The van der Waals surface area contributed by atoms with Crippen molar-refractivity contribution < 1.29 is 13.2 Å². The molecule has 0 unspecified atom stereocenters. The Bertz CT molecular complexity index is 752. The van der Waals surface area contributed by atoms with Crippen molar-refractivity contribution in [3.8, 4) is 0 Å². The number of nitrogens with zero attached hydrogens (tertiary/aromatic N) is 2. The molecular weight excluding hydrogens is 309 g/mol. The number of aromatic nitrogens is 2. The molecule has 1 aliphatic rings. The molecule has 2 nitrogen and oxygen atoms in total. The van der Waals surface area contributed by atoms with Crippen LogP contribution >= 0.6 is 12.2 Å². The van der Waals surface area contributed by atoms with Crippen molar-refractivity contribution >= 4 is 23.1 Å². The van der Waals surface area contributed by atoms with Gasteiger partial charge in [-0.3, -0.25) is 4.98 Å². The Kier molecular flexibility index (Phi) is 4.12. The number of fused-ring (bicyclic) bond motifs is 1. The van der Waals surface area contributed by atoms with Crippen molar-refractivity contribution in [2.45, 2.75) is 44.2 Å². The Labute approximate surface area is 131 Å². The first-order chi connectivity index (χ1) is 10.4. The van der Waals surface area contributed by atoms with Crippen LogP contribution in [0.4, 0.5) is 13.2 Å². The molecule has 1 fully saturated rings. The van der Waals surface area contributed by atoms with Crippen LogP contribution in [0.25, 0.3) is 10.9 Å². The predicted molar refractivity (Wildman–Crippen MR) is 81.2 cm³/mol. The van der Waals surface area contributed by atoms with Crippen LogP contribution in [0, 0.1) is 4.64 Å². The summed E-state index contributed by atoms with van der Waals surface area (Å²) in [4.78, 5) is 8.58. The minimum Gasteiger partial charge on any atom is -0.257 e. The van der Waals surface area contributed by atoms with Crippen molar-refractivity contribution in [3.63, 3.8) is 0 Å². The molecule has 0 saturated heterocycles. The monoisotopic (exact) mass is 324 g/mol. The number of hydrogen-bond donors (Lipinski definition) is 0. The van der Waals surface area contributed by atoms with E-state index in [9.17, 15) is 13.2 Å². The summed E-state index contributed by atoms with van der Waals surface area (Å²) in [5, 5.41) is 0.470. The molecule has 1 heterocycles. The van der Waals surface area contributed by atoms with E-state index in [1.807, 2.05) is 0 Å². The fourth-order valence-electron chi connectivity index (χ4n) is 3.06. The third-order valence-electron chi connectivity index (χ3n) is 4.14. The molecule has 0 bridgehead atoms. The summed E-state index contributed by atoms with van der Waals surface area (Å²) in [6.07, 6.45) is 2.35. The van der Waals surface area contributed by atoms with Gasteiger partial charge >= 0.3 is 6.18 Å². The van der Waals surface area contributed by atoms with Gasteiger partial charge in [-0.2, -0.15) is 13.2 Å². The SMILES string of the molecule is FC(F)(F)c1ccc2nc(=S)cnc(C3CCCCC3)c2c1. The molecule has 0 aliphatic heterocycles. The average Bonchev–Trinajstić information content (AvgIpc) is 2.65. The maximum atomic E-state index is 13.0. The molecule has 2 aromatic rings. The first kappa shape index (κ1) is 15.3. The second-order valence-corrected chi connectivity index (χ2v) is 6.08. The first-order valence-electron chi connectivity index (χ1n) is 7.33. The standard InChI is InChI=1S/C16H15F3N2S/c17-16(18,19)11-6-7-13-12(8-11)15(20-9-14(22)21-13)10-4-2-1-3-5-10/h6-10H,1-5H2. The van der Waals surface area contributed by atoms with Crippen molar-refractivity contribution in [2.24, 2.45) is 0 Å². The number of halogens is 3. The van der Waals surface area contributed by atoms with Crippen LogP contribution in [0.3, 0.4) is 0 Å².